The molecule has 3 heteroatoms. The minimum atomic E-state index is -0.0194. The van der Waals surface area contributed by atoms with Crippen LogP contribution in [0.2, 0.25) is 0 Å². The standard InChI is InChI=1S/C11H16NO.Nb/c1-11(2,3)12-8-10(13)9-6-4-5-7-9;/h4-10H,1-3H3;/q-1;+1. The molecule has 14 heavy (non-hydrogen) atoms. The number of nitrogens with zero attached hydrogens (tertiary/aromatic N) is 1. The quantitative estimate of drug-likeness (QED) is 0.570. The molecule has 0 amide bonds. The second-order valence-corrected chi connectivity index (χ2v) is 4.88. The van der Waals surface area contributed by atoms with Crippen LogP contribution in [0.4, 0.5) is 0 Å². The Kier molecular flexibility index (Phi) is 4.32. The van der Waals surface area contributed by atoms with E-state index in [0.29, 0.717) is 5.92 Å². The zero-order valence-corrected chi connectivity index (χ0v) is 11.0. The van der Waals surface area contributed by atoms with E-state index in [9.17, 15) is 0 Å². The summed E-state index contributed by atoms with van der Waals surface area (Å²) in [6, 6.07) is 0. The van der Waals surface area contributed by atoms with Gasteiger partial charge in [-0.05, 0) is 0 Å². The molecule has 2 nitrogen and oxygen atoms in total. The molecular formula is C11H16NNbO. The Hall–Kier alpha value is -0.150. The van der Waals surface area contributed by atoms with Gasteiger partial charge in [0.05, 0.1) is 0 Å². The van der Waals surface area contributed by atoms with E-state index in [1.54, 1.807) is 0 Å². The van der Waals surface area contributed by atoms with Gasteiger partial charge in [0.2, 0.25) is 0 Å². The molecule has 76 valence electrons. The summed E-state index contributed by atoms with van der Waals surface area (Å²) in [4.78, 5) is 4.46. The van der Waals surface area contributed by atoms with Crippen molar-refractivity contribution in [1.82, 2.24) is 0 Å². The topological polar surface area (TPSA) is 21.6 Å². The first-order valence-electron chi connectivity index (χ1n) is 4.73. The zero-order valence-electron chi connectivity index (χ0n) is 8.84. The van der Waals surface area contributed by atoms with Crippen molar-refractivity contribution in [3.8, 4) is 0 Å². The van der Waals surface area contributed by atoms with E-state index in [1.807, 2.05) is 18.4 Å². The third-order valence-electron chi connectivity index (χ3n) is 1.89. The van der Waals surface area contributed by atoms with Crippen LogP contribution in [0.5, 0.6) is 0 Å². The molecule has 0 N–H and O–H groups in total. The average Bonchev–Trinajstić information content (AvgIpc) is 2.56. The van der Waals surface area contributed by atoms with Crippen molar-refractivity contribution in [2.75, 3.05) is 0 Å². The van der Waals surface area contributed by atoms with E-state index in [4.69, 9.17) is 3.24 Å². The molecule has 0 aromatic heterocycles. The van der Waals surface area contributed by atoms with Crippen LogP contribution in [-0.4, -0.2) is 17.9 Å². The molecule has 0 bridgehead atoms. The predicted molar refractivity (Wildman–Crippen MR) is 54.9 cm³/mol. The molecule has 0 fully saturated rings. The van der Waals surface area contributed by atoms with Gasteiger partial charge in [0, 0.05) is 0 Å². The van der Waals surface area contributed by atoms with Gasteiger partial charge >= 0.3 is 98.6 Å². The van der Waals surface area contributed by atoms with Crippen LogP contribution in [0.1, 0.15) is 20.8 Å². The Bertz CT molecular complexity index is 251. The van der Waals surface area contributed by atoms with Crippen molar-refractivity contribution >= 4 is 6.21 Å². The van der Waals surface area contributed by atoms with Gasteiger partial charge in [0.15, 0.2) is 0 Å². The van der Waals surface area contributed by atoms with E-state index in [2.05, 4.69) is 37.9 Å². The maximum absolute atomic E-state index is 5.43. The summed E-state index contributed by atoms with van der Waals surface area (Å²) in [6.07, 6.45) is 10.4. The summed E-state index contributed by atoms with van der Waals surface area (Å²) >= 11 is 1.37. The fourth-order valence-electron chi connectivity index (χ4n) is 1.16. The van der Waals surface area contributed by atoms with Crippen molar-refractivity contribution in [3.63, 3.8) is 0 Å². The van der Waals surface area contributed by atoms with Crippen LogP contribution in [0, 0.1) is 5.92 Å². The number of allylic oxidation sites excluding steroid dienone is 2. The van der Waals surface area contributed by atoms with E-state index in [0.717, 1.165) is 0 Å². The first-order valence-corrected chi connectivity index (χ1v) is 5.63. The molecule has 0 aliphatic heterocycles. The SMILES string of the molecule is CC(C)(C)N=CC([O][Nb])C1C=CC=C1. The average molecular weight is 271 g/mol. The Morgan fingerprint density at radius 1 is 1.36 bits per heavy atom. The van der Waals surface area contributed by atoms with Crippen LogP contribution >= 0.6 is 0 Å². The van der Waals surface area contributed by atoms with Gasteiger partial charge in [-0.15, -0.1) is 0 Å². The summed E-state index contributed by atoms with van der Waals surface area (Å²) in [6.45, 7) is 6.25. The summed E-state index contributed by atoms with van der Waals surface area (Å²) in [7, 11) is 0. The number of aliphatic imine (C=N–C) groups is 1. The van der Waals surface area contributed by atoms with Crippen LogP contribution < -0.4 is 0 Å². The van der Waals surface area contributed by atoms with Crippen LogP contribution in [0.15, 0.2) is 29.3 Å². The molecule has 0 saturated heterocycles. The third-order valence-corrected chi connectivity index (χ3v) is 2.49. The summed E-state index contributed by atoms with van der Waals surface area (Å²) < 4.78 is 5.43. The fourth-order valence-corrected chi connectivity index (χ4v) is 1.64. The molecule has 0 saturated carbocycles. The van der Waals surface area contributed by atoms with Gasteiger partial charge in [0.1, 0.15) is 0 Å². The molecule has 1 unspecified atom stereocenters. The molecule has 0 heterocycles. The monoisotopic (exact) mass is 271 g/mol. The van der Waals surface area contributed by atoms with Gasteiger partial charge in [-0.2, -0.15) is 0 Å². The van der Waals surface area contributed by atoms with E-state index in [1.165, 1.54) is 21.5 Å². The van der Waals surface area contributed by atoms with Crippen LogP contribution in [0.3, 0.4) is 0 Å². The van der Waals surface area contributed by atoms with Gasteiger partial charge in [-0.25, -0.2) is 0 Å². The van der Waals surface area contributed by atoms with E-state index < -0.39 is 0 Å². The minimum absolute atomic E-state index is 0.0194. The number of hydrogen-bond acceptors (Lipinski definition) is 2. The molecule has 1 aliphatic carbocycles. The van der Waals surface area contributed by atoms with Crippen molar-refractivity contribution in [1.29, 1.82) is 0 Å². The van der Waals surface area contributed by atoms with Gasteiger partial charge in [-0.3, -0.25) is 0 Å². The Labute approximate surface area is 98.5 Å². The molecule has 0 aromatic rings. The Balaban J connectivity index is 2.59. The van der Waals surface area contributed by atoms with E-state index >= 15 is 0 Å². The Morgan fingerprint density at radius 2 is 1.93 bits per heavy atom. The summed E-state index contributed by atoms with van der Waals surface area (Å²) in [5, 5.41) is 0. The number of hydrogen-bond donors (Lipinski definition) is 0. The zero-order chi connectivity index (χ0) is 10.6. The van der Waals surface area contributed by atoms with E-state index in [-0.39, 0.29) is 11.6 Å². The molecule has 0 spiro atoms. The van der Waals surface area contributed by atoms with Gasteiger partial charge in [-0.1, -0.05) is 0 Å². The first-order chi connectivity index (χ1) is 6.53. The van der Waals surface area contributed by atoms with Crippen molar-refractivity contribution in [3.05, 3.63) is 24.3 Å². The Morgan fingerprint density at radius 3 is 2.36 bits per heavy atom. The summed E-state index contributed by atoms with van der Waals surface area (Å²) in [5.41, 5.74) is -0.0194. The van der Waals surface area contributed by atoms with Crippen molar-refractivity contribution in [2.45, 2.75) is 32.4 Å². The molecule has 0 aromatic carbocycles. The van der Waals surface area contributed by atoms with Crippen LogP contribution in [0.25, 0.3) is 0 Å². The van der Waals surface area contributed by atoms with Crippen LogP contribution in [-0.2, 0) is 24.7 Å². The normalized spacial score (nSPS) is 19.6. The van der Waals surface area contributed by atoms with Crippen molar-refractivity contribution < 1.29 is 24.7 Å². The first kappa shape index (κ1) is 11.9. The molecular weight excluding hydrogens is 255 g/mol. The second-order valence-electron chi connectivity index (χ2n) is 4.37. The van der Waals surface area contributed by atoms with Gasteiger partial charge in [0.25, 0.3) is 0 Å². The summed E-state index contributed by atoms with van der Waals surface area (Å²) in [5.74, 6) is 0.351. The van der Waals surface area contributed by atoms with Crippen molar-refractivity contribution in [2.24, 2.45) is 10.9 Å². The molecule has 1 atom stereocenters. The number of rotatable bonds is 3. The molecule has 0 radical (unpaired) electrons. The molecule has 1 aliphatic rings. The third kappa shape index (κ3) is 3.93. The fraction of sp³-hybridized carbons (Fsp3) is 0.545. The second kappa shape index (κ2) is 5.08. The predicted octanol–water partition coefficient (Wildman–Crippen LogP) is 2.44. The maximum atomic E-state index is 5.43. The molecule has 1 rings (SSSR count). The van der Waals surface area contributed by atoms with Gasteiger partial charge < -0.3 is 0 Å².